The number of benzene rings is 1. The van der Waals surface area contributed by atoms with E-state index in [4.69, 9.17) is 8.85 Å². The first-order chi connectivity index (χ1) is 10.6. The van der Waals surface area contributed by atoms with Gasteiger partial charge in [0.2, 0.25) is 0 Å². The van der Waals surface area contributed by atoms with Gasteiger partial charge < -0.3 is 8.85 Å². The Morgan fingerprint density at radius 2 is 1.29 bits per heavy atom. The van der Waals surface area contributed by atoms with Crippen molar-refractivity contribution in [2.24, 2.45) is 0 Å². The molecule has 5 heteroatoms. The summed E-state index contributed by atoms with van der Waals surface area (Å²) < 4.78 is 12.3. The van der Waals surface area contributed by atoms with Crippen LogP contribution in [0.15, 0.2) is 24.3 Å². The fraction of sp³-hybridized carbons (Fsp3) is 0.632. The van der Waals surface area contributed by atoms with Crippen molar-refractivity contribution in [3.63, 3.8) is 0 Å². The summed E-state index contributed by atoms with van der Waals surface area (Å²) in [4.78, 5) is 12.8. The number of hydrogen-bond donors (Lipinski definition) is 0. The Morgan fingerprint density at radius 1 is 0.833 bits per heavy atom. The third kappa shape index (κ3) is 4.73. The summed E-state index contributed by atoms with van der Waals surface area (Å²) >= 11 is 0. The zero-order valence-electron chi connectivity index (χ0n) is 17.0. The monoisotopic (exact) mass is 366 g/mol. The minimum atomic E-state index is -2.16. The lowest BCUT2D eigenvalue weighted by Crippen LogP contribution is -2.45. The summed E-state index contributed by atoms with van der Waals surface area (Å²) in [5.74, 6) is 0.378. The van der Waals surface area contributed by atoms with Gasteiger partial charge in [0.15, 0.2) is 0 Å². The van der Waals surface area contributed by atoms with E-state index in [2.05, 4.69) is 67.7 Å². The Hall–Kier alpha value is -1.08. The Balaban J connectivity index is 3.13. The zero-order valence-corrected chi connectivity index (χ0v) is 19.0. The van der Waals surface area contributed by atoms with Crippen LogP contribution in [0.2, 0.25) is 36.3 Å². The van der Waals surface area contributed by atoms with Gasteiger partial charge in [-0.1, -0.05) is 53.7 Å². The van der Waals surface area contributed by atoms with Gasteiger partial charge >= 0.3 is 5.97 Å². The second-order valence-corrected chi connectivity index (χ2v) is 19.0. The third-order valence-corrected chi connectivity index (χ3v) is 14.1. The largest absolute Gasteiger partial charge is 0.543 e. The first-order valence-corrected chi connectivity index (χ1v) is 14.4. The first-order valence-electron chi connectivity index (χ1n) is 8.60. The molecule has 0 saturated carbocycles. The maximum Gasteiger partial charge on any atom is 0.328 e. The topological polar surface area (TPSA) is 35.5 Å². The minimum absolute atomic E-state index is 0.0160. The standard InChI is InChI=1S/C19H34O3Si2/c1-18(2,3)23(7,8)21-16-14-12-11-13-15(16)17(20)22-24(9,10)19(4,5)6/h11-14H,1-10H3. The van der Waals surface area contributed by atoms with Crippen LogP contribution in [-0.4, -0.2) is 22.6 Å². The van der Waals surface area contributed by atoms with E-state index in [1.807, 2.05) is 18.2 Å². The molecule has 0 heterocycles. The molecule has 0 amide bonds. The van der Waals surface area contributed by atoms with Gasteiger partial charge in [0.05, 0.1) is 5.56 Å². The van der Waals surface area contributed by atoms with E-state index in [1.165, 1.54) is 0 Å². The lowest BCUT2D eigenvalue weighted by atomic mass is 10.2. The molecular formula is C19H34O3Si2. The highest BCUT2D eigenvalue weighted by molar-refractivity contribution is 6.76. The SMILES string of the molecule is CC(C)(C)[Si](C)(C)OC(=O)c1ccccc1O[Si](C)(C)C(C)(C)C. The molecule has 0 atom stereocenters. The van der Waals surface area contributed by atoms with Crippen molar-refractivity contribution in [1.29, 1.82) is 0 Å². The highest BCUT2D eigenvalue weighted by atomic mass is 28.4. The van der Waals surface area contributed by atoms with E-state index in [-0.39, 0.29) is 16.0 Å². The molecule has 0 spiro atoms. The van der Waals surface area contributed by atoms with Crippen molar-refractivity contribution in [2.75, 3.05) is 0 Å². The quantitative estimate of drug-likeness (QED) is 0.592. The predicted molar refractivity (Wildman–Crippen MR) is 107 cm³/mol. The number of hydrogen-bond acceptors (Lipinski definition) is 3. The molecule has 0 unspecified atom stereocenters. The molecule has 0 fully saturated rings. The van der Waals surface area contributed by atoms with Gasteiger partial charge in [0, 0.05) is 0 Å². The van der Waals surface area contributed by atoms with Gasteiger partial charge in [0.1, 0.15) is 5.75 Å². The lowest BCUT2D eigenvalue weighted by molar-refractivity contribution is 0.0710. The van der Waals surface area contributed by atoms with E-state index < -0.39 is 16.6 Å². The molecule has 0 N–H and O–H groups in total. The number of para-hydroxylation sites is 1. The summed E-state index contributed by atoms with van der Waals surface area (Å²) in [6.45, 7) is 21.5. The molecule has 0 radical (unpaired) electrons. The van der Waals surface area contributed by atoms with Gasteiger partial charge in [0.25, 0.3) is 16.6 Å². The molecule has 136 valence electrons. The number of carbonyl (C=O) groups is 1. The molecule has 0 aliphatic heterocycles. The zero-order chi connectivity index (χ0) is 19.0. The van der Waals surface area contributed by atoms with E-state index >= 15 is 0 Å². The van der Waals surface area contributed by atoms with Crippen LogP contribution in [0.5, 0.6) is 5.75 Å². The maximum absolute atomic E-state index is 12.8. The van der Waals surface area contributed by atoms with Crippen LogP contribution < -0.4 is 4.43 Å². The molecule has 0 saturated heterocycles. The Kier molecular flexibility index (Phi) is 5.83. The normalized spacial score (nSPS) is 13.6. The lowest BCUT2D eigenvalue weighted by Gasteiger charge is -2.38. The molecule has 0 aliphatic carbocycles. The van der Waals surface area contributed by atoms with Gasteiger partial charge in [-0.25, -0.2) is 4.79 Å². The number of rotatable bonds is 4. The summed E-state index contributed by atoms with van der Waals surface area (Å²) in [5, 5.41) is 0.0569. The average molecular weight is 367 g/mol. The van der Waals surface area contributed by atoms with Gasteiger partial charge in [-0.15, -0.1) is 0 Å². The van der Waals surface area contributed by atoms with Crippen LogP contribution >= 0.6 is 0 Å². The summed E-state index contributed by atoms with van der Waals surface area (Å²) in [6.07, 6.45) is 0. The molecule has 0 bridgehead atoms. The van der Waals surface area contributed by atoms with E-state index in [0.717, 1.165) is 0 Å². The van der Waals surface area contributed by atoms with Crippen molar-refractivity contribution in [3.8, 4) is 5.75 Å². The van der Waals surface area contributed by atoms with Crippen molar-refractivity contribution in [1.82, 2.24) is 0 Å². The van der Waals surface area contributed by atoms with E-state index in [9.17, 15) is 4.79 Å². The van der Waals surface area contributed by atoms with Gasteiger partial charge in [-0.05, 0) is 48.4 Å². The molecule has 0 aliphatic rings. The second-order valence-electron chi connectivity index (χ2n) is 9.51. The van der Waals surface area contributed by atoms with Crippen LogP contribution in [0.3, 0.4) is 0 Å². The van der Waals surface area contributed by atoms with Crippen molar-refractivity contribution in [3.05, 3.63) is 29.8 Å². The Morgan fingerprint density at radius 3 is 1.75 bits per heavy atom. The average Bonchev–Trinajstić information content (AvgIpc) is 2.35. The van der Waals surface area contributed by atoms with Gasteiger partial charge in [-0.2, -0.15) is 0 Å². The Labute approximate surface area is 150 Å². The van der Waals surface area contributed by atoms with Crippen LogP contribution in [-0.2, 0) is 4.43 Å². The third-order valence-electron chi connectivity index (χ3n) is 5.43. The predicted octanol–water partition coefficient (Wildman–Crippen LogP) is 6.23. The minimum Gasteiger partial charge on any atom is -0.543 e. The van der Waals surface area contributed by atoms with Crippen LogP contribution in [0, 0.1) is 0 Å². The van der Waals surface area contributed by atoms with Crippen molar-refractivity contribution in [2.45, 2.75) is 77.8 Å². The Bertz CT molecular complexity index is 593. The van der Waals surface area contributed by atoms with Crippen LogP contribution in [0.1, 0.15) is 51.9 Å². The maximum atomic E-state index is 12.8. The van der Waals surface area contributed by atoms with Crippen molar-refractivity contribution >= 4 is 22.6 Å². The van der Waals surface area contributed by atoms with Crippen LogP contribution in [0.4, 0.5) is 0 Å². The highest BCUT2D eigenvalue weighted by Gasteiger charge is 2.42. The fourth-order valence-corrected chi connectivity index (χ4v) is 3.51. The molecule has 1 aromatic carbocycles. The first kappa shape index (κ1) is 21.0. The second kappa shape index (κ2) is 6.67. The van der Waals surface area contributed by atoms with Crippen molar-refractivity contribution < 1.29 is 13.6 Å². The number of carbonyl (C=O) groups excluding carboxylic acids is 1. The molecule has 1 aromatic rings. The summed E-state index contributed by atoms with van der Waals surface area (Å²) in [6, 6.07) is 7.45. The van der Waals surface area contributed by atoms with E-state index in [1.54, 1.807) is 6.07 Å². The highest BCUT2D eigenvalue weighted by Crippen LogP contribution is 2.40. The molecule has 24 heavy (non-hydrogen) atoms. The molecule has 1 rings (SSSR count). The van der Waals surface area contributed by atoms with E-state index in [0.29, 0.717) is 11.3 Å². The molecule has 0 aromatic heterocycles. The molecular weight excluding hydrogens is 332 g/mol. The van der Waals surface area contributed by atoms with Crippen LogP contribution in [0.25, 0.3) is 0 Å². The molecule has 3 nitrogen and oxygen atoms in total. The smallest absolute Gasteiger partial charge is 0.328 e. The summed E-state index contributed by atoms with van der Waals surface area (Å²) in [5.41, 5.74) is 0.534. The van der Waals surface area contributed by atoms with Gasteiger partial charge in [-0.3, -0.25) is 0 Å². The summed E-state index contributed by atoms with van der Waals surface area (Å²) in [7, 11) is -4.18. The fourth-order valence-electron chi connectivity index (χ4n) is 1.59.